The fourth-order valence-corrected chi connectivity index (χ4v) is 5.13. The van der Waals surface area contributed by atoms with Gasteiger partial charge in [-0.3, -0.25) is 9.69 Å². The minimum absolute atomic E-state index is 0.0226. The molecule has 31 heavy (non-hydrogen) atoms. The number of carboxylic acid groups (broad SMARTS) is 1. The fourth-order valence-electron chi connectivity index (χ4n) is 5.13. The zero-order valence-corrected chi connectivity index (χ0v) is 18.8. The lowest BCUT2D eigenvalue weighted by Gasteiger charge is -2.49. The number of carbonyl (C=O) groups is 2. The first-order chi connectivity index (χ1) is 14.9. The maximum absolute atomic E-state index is 12.5. The second-order valence-electron chi connectivity index (χ2n) is 9.45. The largest absolute Gasteiger partial charge is 0.465 e. The molecule has 1 aromatic rings. The molecule has 2 saturated heterocycles. The molecule has 3 N–H and O–H groups in total. The zero-order chi connectivity index (χ0) is 22.2. The first-order valence-corrected chi connectivity index (χ1v) is 11.7. The van der Waals surface area contributed by atoms with E-state index in [4.69, 9.17) is 5.11 Å². The Morgan fingerprint density at radius 1 is 1.16 bits per heavy atom. The van der Waals surface area contributed by atoms with Crippen molar-refractivity contribution in [2.45, 2.75) is 89.5 Å². The lowest BCUT2D eigenvalue weighted by Crippen LogP contribution is -2.56. The number of benzene rings is 1. The van der Waals surface area contributed by atoms with Crippen LogP contribution in [0.4, 0.5) is 4.79 Å². The van der Waals surface area contributed by atoms with E-state index in [9.17, 15) is 9.59 Å². The van der Waals surface area contributed by atoms with Crippen molar-refractivity contribution in [3.8, 4) is 0 Å². The molecule has 2 aliphatic heterocycles. The van der Waals surface area contributed by atoms with Crippen LogP contribution in [0.5, 0.6) is 0 Å². The standard InChI is InChI=1S/C25H37N3O3/c1-18(2)14-20(27-25(30)31)10-6-13-24(29)26-21-15-22-11-7-12-23(16-21)28(22)17-19-8-4-3-5-9-19/h3-6,8-10,18,20-23,27H,7,11-17H2,1-2H3,(H,26,29)(H,30,31)/b10-6+. The van der Waals surface area contributed by atoms with Gasteiger partial charge in [0.05, 0.1) is 6.04 Å². The molecular formula is C25H37N3O3. The number of amides is 2. The Hall–Kier alpha value is -2.34. The Bertz CT molecular complexity index is 736. The highest BCUT2D eigenvalue weighted by molar-refractivity contribution is 5.77. The molecule has 2 heterocycles. The number of carbonyl (C=O) groups excluding carboxylic acids is 1. The highest BCUT2D eigenvalue weighted by Crippen LogP contribution is 2.35. The average Bonchev–Trinajstić information content (AvgIpc) is 2.68. The van der Waals surface area contributed by atoms with Gasteiger partial charge in [-0.05, 0) is 43.6 Å². The number of fused-ring (bicyclic) bond motifs is 2. The Labute approximate surface area is 186 Å². The molecule has 2 amide bonds. The average molecular weight is 428 g/mol. The molecule has 3 rings (SSSR count). The minimum Gasteiger partial charge on any atom is -0.465 e. The Kier molecular flexibility index (Phi) is 8.52. The van der Waals surface area contributed by atoms with Crippen molar-refractivity contribution in [3.63, 3.8) is 0 Å². The minimum atomic E-state index is -1.03. The molecule has 0 aromatic heterocycles. The van der Waals surface area contributed by atoms with E-state index in [0.29, 0.717) is 24.4 Å². The molecule has 0 saturated carbocycles. The van der Waals surface area contributed by atoms with Crippen LogP contribution < -0.4 is 10.6 Å². The van der Waals surface area contributed by atoms with Gasteiger partial charge in [-0.25, -0.2) is 4.79 Å². The summed E-state index contributed by atoms with van der Waals surface area (Å²) >= 11 is 0. The summed E-state index contributed by atoms with van der Waals surface area (Å²) < 4.78 is 0. The van der Waals surface area contributed by atoms with Crippen LogP contribution >= 0.6 is 0 Å². The van der Waals surface area contributed by atoms with Gasteiger partial charge < -0.3 is 15.7 Å². The Morgan fingerprint density at radius 3 is 2.45 bits per heavy atom. The van der Waals surface area contributed by atoms with Crippen LogP contribution in [-0.2, 0) is 11.3 Å². The van der Waals surface area contributed by atoms with E-state index >= 15 is 0 Å². The molecular weight excluding hydrogens is 390 g/mol. The third kappa shape index (κ3) is 7.39. The van der Waals surface area contributed by atoms with Crippen molar-refractivity contribution < 1.29 is 14.7 Å². The number of nitrogens with zero attached hydrogens (tertiary/aromatic N) is 1. The van der Waals surface area contributed by atoms with Gasteiger partial charge in [0.1, 0.15) is 0 Å². The maximum atomic E-state index is 12.5. The van der Waals surface area contributed by atoms with E-state index in [1.165, 1.54) is 24.8 Å². The smallest absolute Gasteiger partial charge is 0.405 e. The van der Waals surface area contributed by atoms with Crippen LogP contribution in [0.15, 0.2) is 42.5 Å². The van der Waals surface area contributed by atoms with Crippen LogP contribution in [0.1, 0.15) is 64.4 Å². The SMILES string of the molecule is CC(C)CC(/C=C/CC(=O)NC1CC2CCCC(C1)N2Cc1ccccc1)NC(=O)O. The molecule has 0 radical (unpaired) electrons. The van der Waals surface area contributed by atoms with Crippen LogP contribution in [0.25, 0.3) is 0 Å². The van der Waals surface area contributed by atoms with Crippen molar-refractivity contribution in [2.75, 3.05) is 0 Å². The number of nitrogens with one attached hydrogen (secondary N) is 2. The molecule has 0 spiro atoms. The molecule has 6 heteroatoms. The second-order valence-corrected chi connectivity index (χ2v) is 9.45. The monoisotopic (exact) mass is 427 g/mol. The Balaban J connectivity index is 1.49. The van der Waals surface area contributed by atoms with Gasteiger partial charge in [-0.2, -0.15) is 0 Å². The Morgan fingerprint density at radius 2 is 1.84 bits per heavy atom. The maximum Gasteiger partial charge on any atom is 0.405 e. The highest BCUT2D eigenvalue weighted by atomic mass is 16.4. The van der Waals surface area contributed by atoms with Gasteiger partial charge >= 0.3 is 6.09 Å². The van der Waals surface area contributed by atoms with E-state index in [1.807, 2.05) is 6.08 Å². The topological polar surface area (TPSA) is 81.7 Å². The number of rotatable bonds is 9. The van der Waals surface area contributed by atoms with Crippen LogP contribution in [0, 0.1) is 5.92 Å². The molecule has 0 aliphatic carbocycles. The van der Waals surface area contributed by atoms with E-state index < -0.39 is 6.09 Å². The van der Waals surface area contributed by atoms with E-state index in [1.54, 1.807) is 6.08 Å². The van der Waals surface area contributed by atoms with Gasteiger partial charge in [0.15, 0.2) is 0 Å². The zero-order valence-electron chi connectivity index (χ0n) is 18.8. The van der Waals surface area contributed by atoms with Crippen molar-refractivity contribution in [3.05, 3.63) is 48.0 Å². The summed E-state index contributed by atoms with van der Waals surface area (Å²) in [6.45, 7) is 5.10. The molecule has 3 unspecified atom stereocenters. The number of hydrogen-bond acceptors (Lipinski definition) is 3. The normalized spacial score (nSPS) is 24.8. The lowest BCUT2D eigenvalue weighted by molar-refractivity contribution is -0.121. The lowest BCUT2D eigenvalue weighted by atomic mass is 9.81. The first kappa shape index (κ1) is 23.3. The van der Waals surface area contributed by atoms with E-state index in [-0.39, 0.29) is 24.4 Å². The predicted octanol–water partition coefficient (Wildman–Crippen LogP) is 4.32. The third-order valence-corrected chi connectivity index (χ3v) is 6.40. The summed E-state index contributed by atoms with van der Waals surface area (Å²) in [5, 5.41) is 14.7. The molecule has 3 atom stereocenters. The summed E-state index contributed by atoms with van der Waals surface area (Å²) in [6.07, 6.45) is 9.27. The van der Waals surface area contributed by atoms with E-state index in [2.05, 4.69) is 59.7 Å². The van der Waals surface area contributed by atoms with E-state index in [0.717, 1.165) is 19.4 Å². The molecule has 170 valence electrons. The van der Waals surface area contributed by atoms with Crippen molar-refractivity contribution >= 4 is 12.0 Å². The van der Waals surface area contributed by atoms with Crippen molar-refractivity contribution in [2.24, 2.45) is 5.92 Å². The van der Waals surface area contributed by atoms with Crippen molar-refractivity contribution in [1.82, 2.24) is 15.5 Å². The summed E-state index contributed by atoms with van der Waals surface area (Å²) in [5.41, 5.74) is 1.36. The quantitative estimate of drug-likeness (QED) is 0.513. The predicted molar refractivity (Wildman–Crippen MR) is 123 cm³/mol. The highest BCUT2D eigenvalue weighted by Gasteiger charge is 2.38. The van der Waals surface area contributed by atoms with Gasteiger partial charge in [-0.15, -0.1) is 0 Å². The number of hydrogen-bond donors (Lipinski definition) is 3. The molecule has 2 bridgehead atoms. The van der Waals surface area contributed by atoms with Gasteiger partial charge in [0.25, 0.3) is 0 Å². The fraction of sp³-hybridized carbons (Fsp3) is 0.600. The third-order valence-electron chi connectivity index (χ3n) is 6.40. The molecule has 6 nitrogen and oxygen atoms in total. The summed E-state index contributed by atoms with van der Waals surface area (Å²) in [6, 6.07) is 11.7. The van der Waals surface area contributed by atoms with Crippen LogP contribution in [0.3, 0.4) is 0 Å². The summed E-state index contributed by atoms with van der Waals surface area (Å²) in [7, 11) is 0. The van der Waals surface area contributed by atoms with Gasteiger partial charge in [-0.1, -0.05) is 62.8 Å². The van der Waals surface area contributed by atoms with Gasteiger partial charge in [0.2, 0.25) is 5.91 Å². The molecule has 1 aromatic carbocycles. The second kappa shape index (κ2) is 11.3. The van der Waals surface area contributed by atoms with Crippen LogP contribution in [0.2, 0.25) is 0 Å². The summed E-state index contributed by atoms with van der Waals surface area (Å²) in [5.74, 6) is 0.394. The molecule has 2 aliphatic rings. The molecule has 2 fully saturated rings. The number of piperidine rings is 2. The van der Waals surface area contributed by atoms with Gasteiger partial charge in [0, 0.05) is 31.1 Å². The van der Waals surface area contributed by atoms with Crippen LogP contribution in [-0.4, -0.2) is 46.2 Å². The van der Waals surface area contributed by atoms with Crippen molar-refractivity contribution in [1.29, 1.82) is 0 Å². The first-order valence-electron chi connectivity index (χ1n) is 11.7. The summed E-state index contributed by atoms with van der Waals surface area (Å²) in [4.78, 5) is 26.1.